The standard InChI is InChI=1S/C24H36O9S2/c1-4-7-9-11-12-14-21-35(27,28)30-19-17-24-32-22(15-6-3)31-23(33-24)16-18-29-34(25,26)20-13-10-8-5-2/h2,22-24H,4,6-7,9,11-12,14-19,21H2,1,3H3. The Kier molecular flexibility index (Phi) is 15.9. The smallest absolute Gasteiger partial charge is 0.324 e. The first-order valence-corrected chi connectivity index (χ1v) is 14.9. The summed E-state index contributed by atoms with van der Waals surface area (Å²) in [5.74, 6) is 8.45. The molecule has 3 unspecified atom stereocenters. The van der Waals surface area contributed by atoms with E-state index >= 15 is 0 Å². The van der Waals surface area contributed by atoms with E-state index in [4.69, 9.17) is 29.0 Å². The fourth-order valence-corrected chi connectivity index (χ4v) is 4.65. The molecule has 0 bridgehead atoms. The Hall–Kier alpha value is -1.62. The normalized spacial score (nSPS) is 20.2. The monoisotopic (exact) mass is 532 g/mol. The highest BCUT2D eigenvalue weighted by atomic mass is 32.2. The van der Waals surface area contributed by atoms with Gasteiger partial charge in [-0.15, -0.1) is 6.42 Å². The van der Waals surface area contributed by atoms with Crippen LogP contribution in [0.1, 0.15) is 78.1 Å². The maximum absolute atomic E-state index is 12.1. The van der Waals surface area contributed by atoms with Crippen LogP contribution in [0.5, 0.6) is 0 Å². The van der Waals surface area contributed by atoms with Gasteiger partial charge in [-0.05, 0) is 24.7 Å². The molecule has 0 aliphatic carbocycles. The molecule has 1 aliphatic rings. The summed E-state index contributed by atoms with van der Waals surface area (Å²) in [4.78, 5) is 0. The Balaban J connectivity index is 2.46. The van der Waals surface area contributed by atoms with Gasteiger partial charge in [0.2, 0.25) is 0 Å². The largest absolute Gasteiger partial charge is 0.338 e. The number of unbranched alkanes of at least 4 members (excludes halogenated alkanes) is 5. The molecule has 3 atom stereocenters. The van der Waals surface area contributed by atoms with Crippen LogP contribution in [0.4, 0.5) is 0 Å². The average Bonchev–Trinajstić information content (AvgIpc) is 2.79. The van der Waals surface area contributed by atoms with Crippen molar-refractivity contribution in [1.29, 1.82) is 0 Å². The Morgan fingerprint density at radius 3 is 1.89 bits per heavy atom. The van der Waals surface area contributed by atoms with E-state index in [1.165, 1.54) is 0 Å². The zero-order valence-electron chi connectivity index (χ0n) is 20.5. The number of hydrogen-bond acceptors (Lipinski definition) is 9. The van der Waals surface area contributed by atoms with Gasteiger partial charge in [0.25, 0.3) is 10.1 Å². The van der Waals surface area contributed by atoms with Crippen LogP contribution in [0.2, 0.25) is 0 Å². The SMILES string of the molecule is C#CC#CC#CS(=O)(=O)OCCC1OC(CCC)OC(CCOS(=O)(=O)CCCCCCCC)O1. The van der Waals surface area contributed by atoms with Crippen molar-refractivity contribution in [3.63, 3.8) is 0 Å². The van der Waals surface area contributed by atoms with Gasteiger partial charge in [-0.25, -0.2) is 0 Å². The topological polar surface area (TPSA) is 114 Å². The van der Waals surface area contributed by atoms with Gasteiger partial charge >= 0.3 is 10.1 Å². The van der Waals surface area contributed by atoms with E-state index in [2.05, 4.69) is 24.7 Å². The molecule has 35 heavy (non-hydrogen) atoms. The highest BCUT2D eigenvalue weighted by molar-refractivity contribution is 7.91. The lowest BCUT2D eigenvalue weighted by Gasteiger charge is -2.35. The molecule has 198 valence electrons. The summed E-state index contributed by atoms with van der Waals surface area (Å²) >= 11 is 0. The van der Waals surface area contributed by atoms with Crippen molar-refractivity contribution in [2.45, 2.75) is 96.9 Å². The Morgan fingerprint density at radius 2 is 1.29 bits per heavy atom. The van der Waals surface area contributed by atoms with Crippen LogP contribution < -0.4 is 0 Å². The summed E-state index contributed by atoms with van der Waals surface area (Å²) < 4.78 is 74.7. The van der Waals surface area contributed by atoms with E-state index in [9.17, 15) is 16.8 Å². The van der Waals surface area contributed by atoms with Gasteiger partial charge in [-0.2, -0.15) is 16.8 Å². The summed E-state index contributed by atoms with van der Waals surface area (Å²) in [6.45, 7) is 3.76. The maximum atomic E-state index is 12.1. The molecular formula is C24H36O9S2. The predicted octanol–water partition coefficient (Wildman–Crippen LogP) is 3.26. The molecule has 11 heteroatoms. The van der Waals surface area contributed by atoms with Gasteiger partial charge < -0.3 is 14.2 Å². The molecule has 1 rings (SSSR count). The Morgan fingerprint density at radius 1 is 0.714 bits per heavy atom. The lowest BCUT2D eigenvalue weighted by Crippen LogP contribution is -2.41. The first kappa shape index (κ1) is 31.4. The second-order valence-corrected chi connectivity index (χ2v) is 10.9. The molecule has 0 spiro atoms. The minimum absolute atomic E-state index is 0.0152. The number of ether oxygens (including phenoxy) is 3. The van der Waals surface area contributed by atoms with E-state index in [0.29, 0.717) is 12.8 Å². The second kappa shape index (κ2) is 17.8. The summed E-state index contributed by atoms with van der Waals surface area (Å²) in [6, 6.07) is 0. The molecule has 0 saturated carbocycles. The molecular weight excluding hydrogens is 496 g/mol. The minimum Gasteiger partial charge on any atom is -0.324 e. The molecule has 9 nitrogen and oxygen atoms in total. The van der Waals surface area contributed by atoms with Crippen LogP contribution in [-0.4, -0.2) is 54.7 Å². The van der Waals surface area contributed by atoms with E-state index in [1.54, 1.807) is 0 Å². The first-order valence-electron chi connectivity index (χ1n) is 11.9. The molecule has 1 fully saturated rings. The molecule has 0 aromatic carbocycles. The van der Waals surface area contributed by atoms with Crippen molar-refractivity contribution in [2.24, 2.45) is 0 Å². The molecule has 1 saturated heterocycles. The Bertz CT molecular complexity index is 976. The summed E-state index contributed by atoms with van der Waals surface area (Å²) in [6.07, 6.45) is 10.3. The maximum Gasteiger partial charge on any atom is 0.338 e. The van der Waals surface area contributed by atoms with Gasteiger partial charge in [0.15, 0.2) is 18.9 Å². The van der Waals surface area contributed by atoms with E-state index < -0.39 is 39.1 Å². The van der Waals surface area contributed by atoms with Crippen molar-refractivity contribution in [3.8, 4) is 35.4 Å². The van der Waals surface area contributed by atoms with Crippen LogP contribution in [0.3, 0.4) is 0 Å². The average molecular weight is 533 g/mol. The van der Waals surface area contributed by atoms with Crippen LogP contribution in [0.15, 0.2) is 0 Å². The third kappa shape index (κ3) is 15.9. The van der Waals surface area contributed by atoms with E-state index in [0.717, 1.165) is 38.5 Å². The van der Waals surface area contributed by atoms with Crippen molar-refractivity contribution in [1.82, 2.24) is 0 Å². The van der Waals surface area contributed by atoms with Gasteiger partial charge in [0, 0.05) is 24.7 Å². The lowest BCUT2D eigenvalue weighted by atomic mass is 10.1. The third-order valence-electron chi connectivity index (χ3n) is 4.76. The second-order valence-electron chi connectivity index (χ2n) is 7.81. The minimum atomic E-state index is -4.11. The lowest BCUT2D eigenvalue weighted by molar-refractivity contribution is -0.386. The van der Waals surface area contributed by atoms with Crippen LogP contribution >= 0.6 is 0 Å². The summed E-state index contributed by atoms with van der Waals surface area (Å²) in [5.41, 5.74) is 0. The zero-order valence-corrected chi connectivity index (χ0v) is 22.1. The molecule has 1 aliphatic heterocycles. The van der Waals surface area contributed by atoms with E-state index in [-0.39, 0.29) is 31.8 Å². The van der Waals surface area contributed by atoms with Crippen LogP contribution in [-0.2, 0) is 42.8 Å². The molecule has 0 aromatic rings. The molecule has 0 amide bonds. The first-order chi connectivity index (χ1) is 16.7. The molecule has 1 heterocycles. The van der Waals surface area contributed by atoms with Crippen molar-refractivity contribution >= 4 is 20.2 Å². The fourth-order valence-electron chi connectivity index (χ4n) is 3.08. The number of terminal acetylenes is 1. The molecule has 0 N–H and O–H groups in total. The van der Waals surface area contributed by atoms with Gasteiger partial charge in [0.05, 0.1) is 24.2 Å². The van der Waals surface area contributed by atoms with Crippen molar-refractivity contribution < 1.29 is 39.4 Å². The predicted molar refractivity (Wildman–Crippen MR) is 131 cm³/mol. The van der Waals surface area contributed by atoms with Gasteiger partial charge in [-0.1, -0.05) is 52.4 Å². The van der Waals surface area contributed by atoms with Crippen molar-refractivity contribution in [2.75, 3.05) is 19.0 Å². The van der Waals surface area contributed by atoms with Crippen molar-refractivity contribution in [3.05, 3.63) is 0 Å². The van der Waals surface area contributed by atoms with Gasteiger partial charge in [0.1, 0.15) is 0 Å². The third-order valence-corrected chi connectivity index (χ3v) is 6.91. The number of hydrogen-bond donors (Lipinski definition) is 0. The fraction of sp³-hybridized carbons (Fsp3) is 0.750. The molecule has 0 radical (unpaired) electrons. The Labute approximate surface area is 210 Å². The van der Waals surface area contributed by atoms with Gasteiger partial charge in [-0.3, -0.25) is 8.37 Å². The van der Waals surface area contributed by atoms with Crippen LogP contribution in [0.25, 0.3) is 0 Å². The number of rotatable bonds is 17. The summed E-state index contributed by atoms with van der Waals surface area (Å²) in [7, 11) is -7.72. The quantitative estimate of drug-likeness (QED) is 0.158. The molecule has 0 aromatic heterocycles. The van der Waals surface area contributed by atoms with E-state index in [1.807, 2.05) is 18.1 Å². The highest BCUT2D eigenvalue weighted by Gasteiger charge is 2.30. The van der Waals surface area contributed by atoms with Crippen LogP contribution in [0, 0.1) is 35.4 Å². The summed E-state index contributed by atoms with van der Waals surface area (Å²) in [5, 5.41) is 1.89. The zero-order chi connectivity index (χ0) is 26.0. The highest BCUT2D eigenvalue weighted by Crippen LogP contribution is 2.23.